The molecule has 1 aromatic heterocycles. The van der Waals surface area contributed by atoms with Gasteiger partial charge in [-0.1, -0.05) is 15.9 Å². The summed E-state index contributed by atoms with van der Waals surface area (Å²) >= 11 is 3.45. The van der Waals surface area contributed by atoms with Gasteiger partial charge < -0.3 is 9.88 Å². The van der Waals surface area contributed by atoms with Crippen molar-refractivity contribution >= 4 is 38.4 Å². The summed E-state index contributed by atoms with van der Waals surface area (Å²) in [5.41, 5.74) is 3.35. The van der Waals surface area contributed by atoms with Gasteiger partial charge in [0.1, 0.15) is 11.5 Å². The highest BCUT2D eigenvalue weighted by molar-refractivity contribution is 9.10. The van der Waals surface area contributed by atoms with Gasteiger partial charge in [-0.25, -0.2) is 4.39 Å². The summed E-state index contributed by atoms with van der Waals surface area (Å²) in [7, 11) is 0. The molecule has 4 rings (SSSR count). The van der Waals surface area contributed by atoms with Crippen LogP contribution in [0.1, 0.15) is 16.1 Å². The van der Waals surface area contributed by atoms with Crippen LogP contribution >= 0.6 is 15.9 Å². The average molecular weight is 359 g/mol. The van der Waals surface area contributed by atoms with Crippen molar-refractivity contribution < 1.29 is 9.18 Å². The van der Waals surface area contributed by atoms with E-state index in [1.807, 2.05) is 18.2 Å². The molecule has 0 atom stereocenters. The molecule has 0 fully saturated rings. The smallest absolute Gasteiger partial charge is 0.274 e. The molecular formula is C17H12BrFN2O. The van der Waals surface area contributed by atoms with E-state index < -0.39 is 0 Å². The first-order valence-corrected chi connectivity index (χ1v) is 7.80. The second-order valence-corrected chi connectivity index (χ2v) is 6.31. The topological polar surface area (TPSA) is 36.1 Å². The number of rotatable bonds is 1. The van der Waals surface area contributed by atoms with Crippen LogP contribution < -0.4 is 4.90 Å². The largest absolute Gasteiger partial charge is 0.351 e. The highest BCUT2D eigenvalue weighted by Gasteiger charge is 2.26. The maximum Gasteiger partial charge on any atom is 0.274 e. The molecule has 0 radical (unpaired) electrons. The number of aromatic amines is 1. The number of anilines is 1. The zero-order chi connectivity index (χ0) is 15.3. The summed E-state index contributed by atoms with van der Waals surface area (Å²) in [5.74, 6) is -0.389. The maximum atomic E-state index is 13.3. The number of nitrogens with one attached hydrogen (secondary N) is 1. The van der Waals surface area contributed by atoms with Gasteiger partial charge in [0.25, 0.3) is 5.91 Å². The summed E-state index contributed by atoms with van der Waals surface area (Å²) in [6, 6.07) is 12.1. The van der Waals surface area contributed by atoms with Gasteiger partial charge in [0.2, 0.25) is 0 Å². The normalized spacial score (nSPS) is 13.6. The number of nitrogens with zero attached hydrogens (tertiary/aromatic N) is 1. The molecule has 2 heterocycles. The molecule has 0 saturated heterocycles. The summed E-state index contributed by atoms with van der Waals surface area (Å²) < 4.78 is 14.3. The Morgan fingerprint density at radius 1 is 1.18 bits per heavy atom. The van der Waals surface area contributed by atoms with Crippen LogP contribution in [0.2, 0.25) is 0 Å². The number of hydrogen-bond donors (Lipinski definition) is 1. The van der Waals surface area contributed by atoms with Crippen LogP contribution in [0.3, 0.4) is 0 Å². The van der Waals surface area contributed by atoms with Crippen LogP contribution in [0.5, 0.6) is 0 Å². The van der Waals surface area contributed by atoms with Gasteiger partial charge in [0.15, 0.2) is 0 Å². The molecule has 1 N–H and O–H groups in total. The molecule has 110 valence electrons. The van der Waals surface area contributed by atoms with Crippen molar-refractivity contribution in [2.45, 2.75) is 6.42 Å². The van der Waals surface area contributed by atoms with Crippen molar-refractivity contribution in [3.63, 3.8) is 0 Å². The highest BCUT2D eigenvalue weighted by Crippen LogP contribution is 2.32. The number of halogens is 2. The van der Waals surface area contributed by atoms with Gasteiger partial charge in [-0.2, -0.15) is 0 Å². The second kappa shape index (κ2) is 4.95. The molecule has 5 heteroatoms. The Balaban J connectivity index is 1.73. The maximum absolute atomic E-state index is 13.3. The van der Waals surface area contributed by atoms with Gasteiger partial charge in [0.05, 0.1) is 0 Å². The molecule has 3 nitrogen and oxygen atoms in total. The van der Waals surface area contributed by atoms with Crippen molar-refractivity contribution in [1.29, 1.82) is 0 Å². The molecule has 0 unspecified atom stereocenters. The minimum Gasteiger partial charge on any atom is -0.351 e. The van der Waals surface area contributed by atoms with Crippen molar-refractivity contribution in [3.8, 4) is 0 Å². The van der Waals surface area contributed by atoms with Crippen LogP contribution in [0.25, 0.3) is 10.9 Å². The minimum absolute atomic E-state index is 0.0855. The van der Waals surface area contributed by atoms with Crippen molar-refractivity contribution in [2.75, 3.05) is 11.4 Å². The van der Waals surface area contributed by atoms with Gasteiger partial charge in [-0.15, -0.1) is 0 Å². The first-order chi connectivity index (χ1) is 10.6. The number of amides is 1. The van der Waals surface area contributed by atoms with Gasteiger partial charge in [-0.05, 0) is 54.4 Å². The van der Waals surface area contributed by atoms with Gasteiger partial charge >= 0.3 is 0 Å². The standard InChI is InChI=1S/C17H12BrFN2O/c18-12-1-4-16-10(7-12)5-6-21(16)17(22)15-9-11-8-13(19)2-3-14(11)20-15/h1-4,7-9,20H,5-6H2. The molecule has 3 aromatic rings. The molecule has 22 heavy (non-hydrogen) atoms. The van der Waals surface area contributed by atoms with Crippen molar-refractivity contribution in [2.24, 2.45) is 0 Å². The fourth-order valence-corrected chi connectivity index (χ4v) is 3.35. The van der Waals surface area contributed by atoms with Crippen LogP contribution in [0.4, 0.5) is 10.1 Å². The molecule has 1 aliphatic heterocycles. The average Bonchev–Trinajstić information content (AvgIpc) is 3.09. The lowest BCUT2D eigenvalue weighted by Gasteiger charge is -2.16. The number of carbonyl (C=O) groups excluding carboxylic acids is 1. The van der Waals surface area contributed by atoms with E-state index in [0.29, 0.717) is 17.6 Å². The monoisotopic (exact) mass is 358 g/mol. The summed E-state index contributed by atoms with van der Waals surface area (Å²) in [6.45, 7) is 0.661. The third-order valence-corrected chi connectivity index (χ3v) is 4.49. The molecule has 0 saturated carbocycles. The van der Waals surface area contributed by atoms with E-state index in [0.717, 1.165) is 27.7 Å². The number of carbonyl (C=O) groups is 1. The summed E-state index contributed by atoms with van der Waals surface area (Å²) in [5, 5.41) is 0.707. The molecule has 0 aliphatic carbocycles. The lowest BCUT2D eigenvalue weighted by Crippen LogP contribution is -2.29. The predicted molar refractivity (Wildman–Crippen MR) is 87.8 cm³/mol. The van der Waals surface area contributed by atoms with E-state index in [-0.39, 0.29) is 11.7 Å². The Morgan fingerprint density at radius 3 is 2.91 bits per heavy atom. The van der Waals surface area contributed by atoms with Crippen LogP contribution in [-0.4, -0.2) is 17.4 Å². The molecule has 2 aromatic carbocycles. The molecular weight excluding hydrogens is 347 g/mol. The van der Waals surface area contributed by atoms with E-state index >= 15 is 0 Å². The fourth-order valence-electron chi connectivity index (χ4n) is 2.95. The summed E-state index contributed by atoms with van der Waals surface area (Å²) in [4.78, 5) is 17.6. The number of fused-ring (bicyclic) bond motifs is 2. The van der Waals surface area contributed by atoms with Crippen LogP contribution in [0.15, 0.2) is 46.9 Å². The number of H-pyrrole nitrogens is 1. The second-order valence-electron chi connectivity index (χ2n) is 5.39. The number of hydrogen-bond acceptors (Lipinski definition) is 1. The van der Waals surface area contributed by atoms with Crippen molar-refractivity contribution in [3.05, 3.63) is 64.0 Å². The van der Waals surface area contributed by atoms with E-state index in [1.54, 1.807) is 17.0 Å². The lowest BCUT2D eigenvalue weighted by molar-refractivity contribution is 0.0985. The van der Waals surface area contributed by atoms with Crippen LogP contribution in [0, 0.1) is 5.82 Å². The van der Waals surface area contributed by atoms with E-state index in [4.69, 9.17) is 0 Å². The van der Waals surface area contributed by atoms with Gasteiger partial charge in [-0.3, -0.25) is 4.79 Å². The SMILES string of the molecule is O=C(c1cc2cc(F)ccc2[nH]1)N1CCc2cc(Br)ccc21. The Bertz CT molecular complexity index is 903. The third kappa shape index (κ3) is 2.13. The third-order valence-electron chi connectivity index (χ3n) is 4.00. The summed E-state index contributed by atoms with van der Waals surface area (Å²) in [6.07, 6.45) is 0.843. The Hall–Kier alpha value is -2.14. The lowest BCUT2D eigenvalue weighted by atomic mass is 10.2. The predicted octanol–water partition coefficient (Wildman–Crippen LogP) is 4.27. The zero-order valence-corrected chi connectivity index (χ0v) is 13.2. The Morgan fingerprint density at radius 2 is 2.05 bits per heavy atom. The first-order valence-electron chi connectivity index (χ1n) is 7.00. The molecule has 0 bridgehead atoms. The first kappa shape index (κ1) is 13.5. The van der Waals surface area contributed by atoms with E-state index in [2.05, 4.69) is 20.9 Å². The van der Waals surface area contributed by atoms with Crippen LogP contribution in [-0.2, 0) is 6.42 Å². The van der Waals surface area contributed by atoms with Crippen molar-refractivity contribution in [1.82, 2.24) is 4.98 Å². The quantitative estimate of drug-likeness (QED) is 0.692. The molecule has 1 aliphatic rings. The minimum atomic E-state index is -0.304. The Kier molecular flexibility index (Phi) is 3.04. The molecule has 1 amide bonds. The van der Waals surface area contributed by atoms with Gasteiger partial charge in [0, 0.05) is 27.6 Å². The Labute approximate surface area is 134 Å². The fraction of sp³-hybridized carbons (Fsp3) is 0.118. The molecule has 0 spiro atoms. The number of aromatic nitrogens is 1. The highest BCUT2D eigenvalue weighted by atomic mass is 79.9. The van der Waals surface area contributed by atoms with E-state index in [1.165, 1.54) is 12.1 Å². The zero-order valence-electron chi connectivity index (χ0n) is 11.6. The van der Waals surface area contributed by atoms with E-state index in [9.17, 15) is 9.18 Å². The number of benzene rings is 2.